The van der Waals surface area contributed by atoms with Gasteiger partial charge in [0.25, 0.3) is 0 Å². The number of hydrogen-bond donors (Lipinski definition) is 3. The Morgan fingerprint density at radius 1 is 1.40 bits per heavy atom. The van der Waals surface area contributed by atoms with Crippen molar-refractivity contribution in [3.63, 3.8) is 0 Å². The first-order chi connectivity index (χ1) is 11.7. The number of nitrogens with one attached hydrogen (secondary N) is 2. The molecule has 25 heavy (non-hydrogen) atoms. The van der Waals surface area contributed by atoms with Gasteiger partial charge in [0.05, 0.1) is 11.6 Å². The summed E-state index contributed by atoms with van der Waals surface area (Å²) < 4.78 is 11.5. The quantitative estimate of drug-likeness (QED) is 0.760. The summed E-state index contributed by atoms with van der Waals surface area (Å²) in [5.41, 5.74) is -0.160. The van der Waals surface area contributed by atoms with E-state index in [1.54, 1.807) is 32.9 Å². The number of carboxylic acid groups (broad SMARTS) is 1. The Morgan fingerprint density at radius 2 is 2.16 bits per heavy atom. The number of rotatable bonds is 2. The van der Waals surface area contributed by atoms with Gasteiger partial charge >= 0.3 is 12.1 Å². The van der Waals surface area contributed by atoms with Gasteiger partial charge < -0.3 is 25.2 Å². The molecule has 3 N–H and O–H groups in total. The van der Waals surface area contributed by atoms with Gasteiger partial charge in [-0.2, -0.15) is 0 Å². The van der Waals surface area contributed by atoms with Crippen molar-refractivity contribution in [2.24, 2.45) is 0 Å². The molecule has 2 atom stereocenters. The number of hydrogen-bond acceptors (Lipinski definition) is 5. The van der Waals surface area contributed by atoms with Crippen molar-refractivity contribution in [1.82, 2.24) is 10.6 Å². The summed E-state index contributed by atoms with van der Waals surface area (Å²) in [6.45, 7) is 6.95. The van der Waals surface area contributed by atoms with Gasteiger partial charge in [0.15, 0.2) is 0 Å². The number of alkyl carbamates (subject to hydrolysis) is 1. The number of aromatic carboxylic acids is 1. The van der Waals surface area contributed by atoms with Gasteiger partial charge in [0.1, 0.15) is 17.0 Å². The van der Waals surface area contributed by atoms with Crippen LogP contribution in [0.25, 0.3) is 0 Å². The van der Waals surface area contributed by atoms with Crippen LogP contribution in [0.4, 0.5) is 4.79 Å². The topological polar surface area (TPSA) is 96.9 Å². The van der Waals surface area contributed by atoms with E-state index in [4.69, 9.17) is 9.47 Å². The second-order valence-corrected chi connectivity index (χ2v) is 7.67. The van der Waals surface area contributed by atoms with Crippen LogP contribution in [0.3, 0.4) is 0 Å². The molecule has 3 rings (SSSR count). The Kier molecular flexibility index (Phi) is 4.36. The molecule has 1 spiro atoms. The first-order valence-electron chi connectivity index (χ1n) is 8.44. The molecule has 1 amide bonds. The minimum Gasteiger partial charge on any atom is -0.485 e. The van der Waals surface area contributed by atoms with Crippen molar-refractivity contribution < 1.29 is 24.2 Å². The van der Waals surface area contributed by atoms with Crippen LogP contribution in [-0.4, -0.2) is 41.5 Å². The molecule has 0 saturated carbocycles. The minimum absolute atomic E-state index is 0.166. The molecule has 2 unspecified atom stereocenters. The van der Waals surface area contributed by atoms with Crippen LogP contribution in [0.1, 0.15) is 55.6 Å². The molecule has 1 fully saturated rings. The van der Waals surface area contributed by atoms with Crippen molar-refractivity contribution >= 4 is 12.1 Å². The molecule has 1 aromatic carbocycles. The Bertz CT molecular complexity index is 689. The number of carbonyl (C=O) groups excluding carboxylic acids is 1. The normalized spacial score (nSPS) is 25.2. The zero-order valence-electron chi connectivity index (χ0n) is 14.7. The summed E-state index contributed by atoms with van der Waals surface area (Å²) in [6.07, 6.45) is 0.877. The monoisotopic (exact) mass is 348 g/mol. The summed E-state index contributed by atoms with van der Waals surface area (Å²) in [7, 11) is 0. The van der Waals surface area contributed by atoms with Crippen LogP contribution in [0.2, 0.25) is 0 Å². The lowest BCUT2D eigenvalue weighted by Gasteiger charge is -2.40. The van der Waals surface area contributed by atoms with E-state index >= 15 is 0 Å². The fraction of sp³-hybridized carbons (Fsp3) is 0.556. The summed E-state index contributed by atoms with van der Waals surface area (Å²) in [5.74, 6) is -0.400. The highest BCUT2D eigenvalue weighted by Gasteiger charge is 2.44. The van der Waals surface area contributed by atoms with E-state index in [-0.39, 0.29) is 11.6 Å². The zero-order valence-corrected chi connectivity index (χ0v) is 14.7. The molecule has 2 heterocycles. The highest BCUT2D eigenvalue weighted by atomic mass is 16.6. The lowest BCUT2D eigenvalue weighted by Crippen LogP contribution is -2.47. The van der Waals surface area contributed by atoms with Gasteiger partial charge in [0, 0.05) is 24.9 Å². The number of amides is 1. The van der Waals surface area contributed by atoms with E-state index in [0.29, 0.717) is 24.3 Å². The van der Waals surface area contributed by atoms with Crippen LogP contribution >= 0.6 is 0 Å². The standard InChI is InChI=1S/C18H24N2O5/c1-17(2,3)25-16(23)20-13-9-18(6-7-19-10-18)24-14-5-4-11(15(21)22)8-12(13)14/h4-5,8,13,19H,6-7,9-10H2,1-3H3,(H,20,23)(H,21,22). The van der Waals surface area contributed by atoms with E-state index in [0.717, 1.165) is 13.0 Å². The van der Waals surface area contributed by atoms with Crippen molar-refractivity contribution in [1.29, 1.82) is 0 Å². The van der Waals surface area contributed by atoms with Crippen LogP contribution in [0, 0.1) is 0 Å². The molecule has 1 aromatic rings. The van der Waals surface area contributed by atoms with E-state index in [1.807, 2.05) is 0 Å². The molecule has 0 bridgehead atoms. The van der Waals surface area contributed by atoms with E-state index in [9.17, 15) is 14.7 Å². The van der Waals surface area contributed by atoms with Crippen molar-refractivity contribution in [3.05, 3.63) is 29.3 Å². The van der Waals surface area contributed by atoms with Crippen LogP contribution in [0.15, 0.2) is 18.2 Å². The molecule has 0 aliphatic carbocycles. The number of ether oxygens (including phenoxy) is 2. The Morgan fingerprint density at radius 3 is 2.76 bits per heavy atom. The number of carbonyl (C=O) groups is 2. The molecular weight excluding hydrogens is 324 g/mol. The second kappa shape index (κ2) is 6.22. The number of benzene rings is 1. The van der Waals surface area contributed by atoms with Crippen LogP contribution < -0.4 is 15.4 Å². The number of fused-ring (bicyclic) bond motifs is 1. The fourth-order valence-electron chi connectivity index (χ4n) is 3.36. The first kappa shape index (κ1) is 17.5. The Hall–Kier alpha value is -2.28. The maximum Gasteiger partial charge on any atom is 0.408 e. The molecular formula is C18H24N2O5. The molecule has 0 radical (unpaired) electrons. The summed E-state index contributed by atoms with van der Waals surface area (Å²) in [4.78, 5) is 23.5. The lowest BCUT2D eigenvalue weighted by molar-refractivity contribution is 0.0322. The first-order valence-corrected chi connectivity index (χ1v) is 8.44. The smallest absolute Gasteiger partial charge is 0.408 e. The predicted octanol–water partition coefficient (Wildman–Crippen LogP) is 2.47. The minimum atomic E-state index is -1.01. The molecule has 7 nitrogen and oxygen atoms in total. The fourth-order valence-corrected chi connectivity index (χ4v) is 3.36. The number of carboxylic acids is 1. The lowest BCUT2D eigenvalue weighted by atomic mass is 9.86. The third kappa shape index (κ3) is 3.87. The van der Waals surface area contributed by atoms with Crippen molar-refractivity contribution in [2.75, 3.05) is 13.1 Å². The third-order valence-electron chi connectivity index (χ3n) is 4.43. The van der Waals surface area contributed by atoms with E-state index in [1.165, 1.54) is 6.07 Å². The van der Waals surface area contributed by atoms with Crippen LogP contribution in [0.5, 0.6) is 5.75 Å². The Labute approximate surface area is 146 Å². The molecule has 2 aliphatic rings. The second-order valence-electron chi connectivity index (χ2n) is 7.67. The van der Waals surface area contributed by atoms with Crippen molar-refractivity contribution in [2.45, 2.75) is 50.9 Å². The average molecular weight is 348 g/mol. The van der Waals surface area contributed by atoms with Gasteiger partial charge in [-0.1, -0.05) is 0 Å². The van der Waals surface area contributed by atoms with Gasteiger partial charge in [-0.05, 0) is 45.5 Å². The molecule has 136 valence electrons. The molecule has 0 aromatic heterocycles. The highest BCUT2D eigenvalue weighted by Crippen LogP contribution is 2.42. The van der Waals surface area contributed by atoms with Gasteiger partial charge in [-0.15, -0.1) is 0 Å². The maximum atomic E-state index is 12.3. The van der Waals surface area contributed by atoms with Gasteiger partial charge in [-0.25, -0.2) is 9.59 Å². The highest BCUT2D eigenvalue weighted by molar-refractivity contribution is 5.88. The SMILES string of the molecule is CC(C)(C)OC(=O)NC1CC2(CCNC2)Oc2ccc(C(=O)O)cc21. The average Bonchev–Trinajstić information content (AvgIpc) is 2.92. The van der Waals surface area contributed by atoms with Crippen molar-refractivity contribution in [3.8, 4) is 5.75 Å². The summed E-state index contributed by atoms with van der Waals surface area (Å²) in [6, 6.07) is 4.39. The van der Waals surface area contributed by atoms with Gasteiger partial charge in [-0.3, -0.25) is 0 Å². The Balaban J connectivity index is 1.90. The van der Waals surface area contributed by atoms with Gasteiger partial charge in [0.2, 0.25) is 0 Å². The molecule has 7 heteroatoms. The van der Waals surface area contributed by atoms with E-state index in [2.05, 4.69) is 10.6 Å². The zero-order chi connectivity index (χ0) is 18.2. The third-order valence-corrected chi connectivity index (χ3v) is 4.43. The summed E-state index contributed by atoms with van der Waals surface area (Å²) >= 11 is 0. The largest absolute Gasteiger partial charge is 0.485 e. The van der Waals surface area contributed by atoms with Crippen LogP contribution in [-0.2, 0) is 4.74 Å². The molecule has 1 saturated heterocycles. The predicted molar refractivity (Wildman–Crippen MR) is 91.0 cm³/mol. The maximum absolute atomic E-state index is 12.3. The van der Waals surface area contributed by atoms with E-state index < -0.39 is 23.3 Å². The molecule has 2 aliphatic heterocycles. The summed E-state index contributed by atoms with van der Waals surface area (Å²) in [5, 5.41) is 15.4.